The van der Waals surface area contributed by atoms with E-state index < -0.39 is 12.1 Å². The molecule has 0 aromatic carbocycles. The Morgan fingerprint density at radius 3 is 2.80 bits per heavy atom. The van der Waals surface area contributed by atoms with Gasteiger partial charge in [-0.15, -0.1) is 0 Å². The number of rotatable bonds is 4. The van der Waals surface area contributed by atoms with E-state index in [-0.39, 0.29) is 24.7 Å². The van der Waals surface area contributed by atoms with Crippen LogP contribution in [0, 0.1) is 6.92 Å². The van der Waals surface area contributed by atoms with Crippen molar-refractivity contribution in [2.45, 2.75) is 19.5 Å². The van der Waals surface area contributed by atoms with E-state index in [0.717, 1.165) is 0 Å². The van der Waals surface area contributed by atoms with Gasteiger partial charge in [0.25, 0.3) is 5.91 Å². The molecular weight excluding hydrogens is 277 g/mol. The molecule has 0 spiro atoms. The third-order valence-electron chi connectivity index (χ3n) is 2.54. The number of hydrogen-bond acceptors (Lipinski definition) is 4. The summed E-state index contributed by atoms with van der Waals surface area (Å²) < 4.78 is 40.7. The highest BCUT2D eigenvalue weighted by Crippen LogP contribution is 2.27. The Bertz CT molecular complexity index is 603. The number of carbonyl (C=O) groups excluding carboxylic acids is 1. The summed E-state index contributed by atoms with van der Waals surface area (Å²) in [5.74, 6) is -1.81. The smallest absolute Gasteiger partial charge is 0.365 e. The molecular formula is C11H11F3N4O2. The number of aromatic amines is 1. The van der Waals surface area contributed by atoms with Crippen LogP contribution in [0.2, 0.25) is 0 Å². The Morgan fingerprint density at radius 1 is 1.50 bits per heavy atom. The first-order valence-corrected chi connectivity index (χ1v) is 5.70. The van der Waals surface area contributed by atoms with Gasteiger partial charge in [0.2, 0.25) is 0 Å². The number of nitrogens with zero attached hydrogens (tertiary/aromatic N) is 2. The van der Waals surface area contributed by atoms with Crippen molar-refractivity contribution < 1.29 is 22.5 Å². The summed E-state index contributed by atoms with van der Waals surface area (Å²) in [5, 5.41) is 5.76. The van der Waals surface area contributed by atoms with Gasteiger partial charge in [0.15, 0.2) is 5.82 Å². The van der Waals surface area contributed by atoms with Crippen molar-refractivity contribution in [3.05, 3.63) is 35.2 Å². The highest BCUT2D eigenvalue weighted by molar-refractivity contribution is 5.95. The highest BCUT2D eigenvalue weighted by Gasteiger charge is 2.38. The molecule has 108 valence electrons. The van der Waals surface area contributed by atoms with E-state index in [1.165, 1.54) is 0 Å². The second-order valence-electron chi connectivity index (χ2n) is 4.04. The number of aryl methyl sites for hydroxylation is 1. The van der Waals surface area contributed by atoms with Crippen molar-refractivity contribution >= 4 is 5.91 Å². The first kappa shape index (κ1) is 14.1. The molecule has 6 nitrogen and oxygen atoms in total. The molecule has 0 aliphatic rings. The van der Waals surface area contributed by atoms with Gasteiger partial charge < -0.3 is 14.8 Å². The minimum Gasteiger partial charge on any atom is -0.365 e. The van der Waals surface area contributed by atoms with Crippen LogP contribution in [-0.4, -0.2) is 27.6 Å². The van der Waals surface area contributed by atoms with Crippen molar-refractivity contribution in [2.24, 2.45) is 0 Å². The summed E-state index contributed by atoms with van der Waals surface area (Å²) in [7, 11) is 0. The maximum absolute atomic E-state index is 12.2. The Hall–Kier alpha value is -2.32. The maximum atomic E-state index is 12.2. The van der Waals surface area contributed by atoms with E-state index in [1.54, 1.807) is 19.2 Å². The zero-order valence-corrected chi connectivity index (χ0v) is 10.4. The summed E-state index contributed by atoms with van der Waals surface area (Å²) in [6.45, 7) is 1.85. The Balaban J connectivity index is 1.86. The van der Waals surface area contributed by atoms with Crippen LogP contribution in [-0.2, 0) is 12.6 Å². The lowest BCUT2D eigenvalue weighted by molar-refractivity contribution is -0.159. The lowest BCUT2D eigenvalue weighted by Crippen LogP contribution is -2.26. The summed E-state index contributed by atoms with van der Waals surface area (Å²) >= 11 is 0. The molecule has 0 radical (unpaired) electrons. The molecule has 2 aromatic heterocycles. The van der Waals surface area contributed by atoms with Gasteiger partial charge in [-0.1, -0.05) is 5.16 Å². The van der Waals surface area contributed by atoms with Crippen LogP contribution in [0.25, 0.3) is 0 Å². The van der Waals surface area contributed by atoms with Crippen molar-refractivity contribution in [1.82, 2.24) is 20.4 Å². The summed E-state index contributed by atoms with van der Waals surface area (Å²) in [4.78, 5) is 17.8. The van der Waals surface area contributed by atoms with Crippen LogP contribution in [0.15, 0.2) is 16.8 Å². The molecule has 0 saturated heterocycles. The number of carbonyl (C=O) groups is 1. The average molecular weight is 288 g/mol. The van der Waals surface area contributed by atoms with Crippen molar-refractivity contribution in [3.8, 4) is 0 Å². The lowest BCUT2D eigenvalue weighted by atomic mass is 10.2. The second kappa shape index (κ2) is 5.35. The predicted octanol–water partition coefficient (Wildman–Crippen LogP) is 1.70. The zero-order chi connectivity index (χ0) is 14.8. The summed E-state index contributed by atoms with van der Waals surface area (Å²) in [6, 6.07) is 1.61. The number of H-pyrrole nitrogens is 1. The van der Waals surface area contributed by atoms with Crippen LogP contribution >= 0.6 is 0 Å². The molecule has 0 atom stereocenters. The monoisotopic (exact) mass is 288 g/mol. The molecule has 2 rings (SSSR count). The largest absolute Gasteiger partial charge is 0.471 e. The SMILES string of the molecule is Cc1[nH]ccc1C(=O)NCCc1noc(C(F)(F)F)n1. The molecule has 1 amide bonds. The average Bonchev–Trinajstić information content (AvgIpc) is 2.97. The molecule has 0 aliphatic carbocycles. The Kier molecular flexibility index (Phi) is 3.77. The van der Waals surface area contributed by atoms with Crippen LogP contribution in [0.3, 0.4) is 0 Å². The van der Waals surface area contributed by atoms with Crippen LogP contribution in [0.5, 0.6) is 0 Å². The normalized spacial score (nSPS) is 11.6. The van der Waals surface area contributed by atoms with Crippen LogP contribution in [0.1, 0.15) is 27.8 Å². The number of halogens is 3. The third-order valence-corrected chi connectivity index (χ3v) is 2.54. The van der Waals surface area contributed by atoms with Crippen molar-refractivity contribution in [3.63, 3.8) is 0 Å². The first-order valence-electron chi connectivity index (χ1n) is 5.70. The van der Waals surface area contributed by atoms with E-state index in [9.17, 15) is 18.0 Å². The van der Waals surface area contributed by atoms with Gasteiger partial charge in [0.1, 0.15) is 0 Å². The Morgan fingerprint density at radius 2 is 2.25 bits per heavy atom. The van der Waals surface area contributed by atoms with E-state index in [0.29, 0.717) is 11.3 Å². The zero-order valence-electron chi connectivity index (χ0n) is 10.4. The van der Waals surface area contributed by atoms with Gasteiger partial charge in [0.05, 0.1) is 5.56 Å². The molecule has 2 aromatic rings. The molecule has 2 heterocycles. The van der Waals surface area contributed by atoms with E-state index >= 15 is 0 Å². The van der Waals surface area contributed by atoms with E-state index in [1.807, 2.05) is 0 Å². The topological polar surface area (TPSA) is 83.8 Å². The molecule has 0 saturated carbocycles. The fourth-order valence-electron chi connectivity index (χ4n) is 1.55. The van der Waals surface area contributed by atoms with Crippen LogP contribution < -0.4 is 5.32 Å². The molecule has 20 heavy (non-hydrogen) atoms. The lowest BCUT2D eigenvalue weighted by Gasteiger charge is -2.02. The number of alkyl halides is 3. The first-order chi connectivity index (χ1) is 9.38. The fourth-order valence-corrected chi connectivity index (χ4v) is 1.55. The van der Waals surface area contributed by atoms with Gasteiger partial charge in [0, 0.05) is 24.9 Å². The van der Waals surface area contributed by atoms with Gasteiger partial charge in [-0.25, -0.2) is 0 Å². The van der Waals surface area contributed by atoms with Crippen molar-refractivity contribution in [2.75, 3.05) is 6.54 Å². The highest BCUT2D eigenvalue weighted by atomic mass is 19.4. The van der Waals surface area contributed by atoms with Crippen LogP contribution in [0.4, 0.5) is 13.2 Å². The molecule has 0 fully saturated rings. The molecule has 9 heteroatoms. The number of aromatic nitrogens is 3. The molecule has 0 bridgehead atoms. The van der Waals surface area contributed by atoms with Gasteiger partial charge in [-0.05, 0) is 13.0 Å². The minimum absolute atomic E-state index is 0.0504. The fraction of sp³-hybridized carbons (Fsp3) is 0.364. The second-order valence-corrected chi connectivity index (χ2v) is 4.04. The van der Waals surface area contributed by atoms with E-state index in [4.69, 9.17) is 0 Å². The minimum atomic E-state index is -4.66. The van der Waals surface area contributed by atoms with Gasteiger partial charge >= 0.3 is 12.1 Å². The number of nitrogens with one attached hydrogen (secondary N) is 2. The standard InChI is InChI=1S/C11H11F3N4O2/c1-6-7(2-4-15-6)9(19)16-5-3-8-17-10(20-18-8)11(12,13)14/h2,4,15H,3,5H2,1H3,(H,16,19). The third kappa shape index (κ3) is 3.16. The van der Waals surface area contributed by atoms with Gasteiger partial charge in [-0.2, -0.15) is 18.2 Å². The van der Waals surface area contributed by atoms with Gasteiger partial charge in [-0.3, -0.25) is 4.79 Å². The number of amides is 1. The van der Waals surface area contributed by atoms with E-state index in [2.05, 4.69) is 25.0 Å². The quantitative estimate of drug-likeness (QED) is 0.896. The molecule has 0 unspecified atom stereocenters. The molecule has 2 N–H and O–H groups in total. The predicted molar refractivity (Wildman–Crippen MR) is 60.9 cm³/mol. The Labute approximate surface area is 111 Å². The number of hydrogen-bond donors (Lipinski definition) is 2. The maximum Gasteiger partial charge on any atom is 0.471 e. The summed E-state index contributed by atoms with van der Waals surface area (Å²) in [6.07, 6.45) is -2.98. The van der Waals surface area contributed by atoms with Crippen molar-refractivity contribution in [1.29, 1.82) is 0 Å². The summed E-state index contributed by atoms with van der Waals surface area (Å²) in [5.41, 5.74) is 1.19. The molecule has 0 aliphatic heterocycles.